The molecule has 0 spiro atoms. The fourth-order valence-corrected chi connectivity index (χ4v) is 1.25. The summed E-state index contributed by atoms with van der Waals surface area (Å²) in [5, 5.41) is 0. The van der Waals surface area contributed by atoms with Crippen molar-refractivity contribution in [3.05, 3.63) is 6.92 Å². The lowest BCUT2D eigenvalue weighted by Gasteiger charge is -2.18. The van der Waals surface area contributed by atoms with Gasteiger partial charge >= 0.3 is 5.97 Å². The highest BCUT2D eigenvalue weighted by molar-refractivity contribution is 6.33. The van der Waals surface area contributed by atoms with Crippen molar-refractivity contribution in [2.24, 2.45) is 0 Å². The van der Waals surface area contributed by atoms with Crippen LogP contribution < -0.4 is 0 Å². The third-order valence-corrected chi connectivity index (χ3v) is 2.03. The highest BCUT2D eigenvalue weighted by Gasteiger charge is 2.21. The van der Waals surface area contributed by atoms with Gasteiger partial charge in [0.25, 0.3) is 0 Å². The third-order valence-electron chi connectivity index (χ3n) is 2.03. The van der Waals surface area contributed by atoms with Crippen LogP contribution in [0.15, 0.2) is 0 Å². The van der Waals surface area contributed by atoms with Crippen molar-refractivity contribution >= 4 is 11.8 Å². The molecule has 0 saturated heterocycles. The van der Waals surface area contributed by atoms with Crippen LogP contribution in [-0.4, -0.2) is 17.4 Å². The quantitative estimate of drug-likeness (QED) is 0.381. The summed E-state index contributed by atoms with van der Waals surface area (Å²) in [5.74, 6) is -1.12. The SMILES string of the molecule is [CH2]CCCCCCC(=O)C(=O)OC(C)(C)C. The van der Waals surface area contributed by atoms with Crippen molar-refractivity contribution in [2.75, 3.05) is 0 Å². The number of Topliss-reactive ketones (excluding diaryl/α,β-unsaturated/α-hetero) is 1. The molecule has 0 N–H and O–H groups in total. The van der Waals surface area contributed by atoms with Crippen LogP contribution in [0.25, 0.3) is 0 Å². The van der Waals surface area contributed by atoms with E-state index >= 15 is 0 Å². The monoisotopic (exact) mass is 227 g/mol. The van der Waals surface area contributed by atoms with Crippen LogP contribution in [0.4, 0.5) is 0 Å². The lowest BCUT2D eigenvalue weighted by Crippen LogP contribution is -2.28. The van der Waals surface area contributed by atoms with Gasteiger partial charge in [-0.1, -0.05) is 32.6 Å². The number of ketones is 1. The van der Waals surface area contributed by atoms with E-state index in [9.17, 15) is 9.59 Å². The Morgan fingerprint density at radius 3 is 2.12 bits per heavy atom. The maximum atomic E-state index is 11.4. The molecule has 93 valence electrons. The molecule has 3 heteroatoms. The molecule has 0 atom stereocenters. The van der Waals surface area contributed by atoms with Crippen LogP contribution in [0.2, 0.25) is 0 Å². The van der Waals surface area contributed by atoms with Gasteiger partial charge in [0.05, 0.1) is 0 Å². The molecule has 0 aliphatic rings. The second-order valence-corrected chi connectivity index (χ2v) is 4.94. The molecular formula is C13H23O3. The molecule has 0 aromatic carbocycles. The maximum Gasteiger partial charge on any atom is 0.375 e. The second-order valence-electron chi connectivity index (χ2n) is 4.94. The van der Waals surface area contributed by atoms with E-state index in [1.54, 1.807) is 20.8 Å². The summed E-state index contributed by atoms with van der Waals surface area (Å²) in [5.41, 5.74) is -0.583. The number of rotatable bonds is 7. The predicted octanol–water partition coefficient (Wildman–Crippen LogP) is 3.07. The Hall–Kier alpha value is -0.860. The van der Waals surface area contributed by atoms with Gasteiger partial charge in [0.2, 0.25) is 5.78 Å². The van der Waals surface area contributed by atoms with Gasteiger partial charge in [-0.05, 0) is 27.2 Å². The minimum absolute atomic E-state index is 0.298. The first kappa shape index (κ1) is 15.1. The van der Waals surface area contributed by atoms with Crippen molar-refractivity contribution in [1.29, 1.82) is 0 Å². The van der Waals surface area contributed by atoms with E-state index in [4.69, 9.17) is 4.74 Å². The van der Waals surface area contributed by atoms with E-state index in [-0.39, 0.29) is 0 Å². The van der Waals surface area contributed by atoms with Gasteiger partial charge < -0.3 is 4.74 Å². The minimum atomic E-state index is -0.704. The fraction of sp³-hybridized carbons (Fsp3) is 0.769. The largest absolute Gasteiger partial charge is 0.454 e. The standard InChI is InChI=1S/C13H23O3/c1-5-6-7-8-9-10-11(14)12(15)16-13(2,3)4/h1,5-10H2,2-4H3. The zero-order valence-electron chi connectivity index (χ0n) is 10.7. The van der Waals surface area contributed by atoms with Gasteiger partial charge in [-0.15, -0.1) is 0 Å². The lowest BCUT2D eigenvalue weighted by molar-refractivity contribution is -0.162. The Bertz CT molecular complexity index is 226. The molecular weight excluding hydrogens is 204 g/mol. The third kappa shape index (κ3) is 8.45. The molecule has 3 nitrogen and oxygen atoms in total. The van der Waals surface area contributed by atoms with Gasteiger partial charge in [0, 0.05) is 6.42 Å². The van der Waals surface area contributed by atoms with Crippen molar-refractivity contribution < 1.29 is 14.3 Å². The molecule has 0 aromatic rings. The summed E-state index contributed by atoms with van der Waals surface area (Å²) in [6.45, 7) is 9.02. The normalized spacial score (nSPS) is 11.2. The summed E-state index contributed by atoms with van der Waals surface area (Å²) < 4.78 is 4.98. The van der Waals surface area contributed by atoms with Crippen molar-refractivity contribution in [2.45, 2.75) is 64.9 Å². The van der Waals surface area contributed by atoms with Gasteiger partial charge in [-0.25, -0.2) is 4.79 Å². The van der Waals surface area contributed by atoms with E-state index < -0.39 is 17.4 Å². The van der Waals surface area contributed by atoms with Crippen molar-refractivity contribution in [1.82, 2.24) is 0 Å². The Balaban J connectivity index is 3.68. The molecule has 16 heavy (non-hydrogen) atoms. The first-order valence-electron chi connectivity index (χ1n) is 5.92. The molecule has 0 unspecified atom stereocenters. The summed E-state index contributed by atoms with van der Waals surface area (Å²) in [6, 6.07) is 0. The van der Waals surface area contributed by atoms with Crippen LogP contribution in [0.3, 0.4) is 0 Å². The maximum absolute atomic E-state index is 11.4. The van der Waals surface area contributed by atoms with Crippen LogP contribution in [-0.2, 0) is 14.3 Å². The number of esters is 1. The molecule has 0 heterocycles. The highest BCUT2D eigenvalue weighted by atomic mass is 16.6. The fourth-order valence-electron chi connectivity index (χ4n) is 1.25. The Kier molecular flexibility index (Phi) is 7.02. The number of unbranched alkanes of at least 4 members (excludes halogenated alkanes) is 4. The molecule has 0 amide bonds. The predicted molar refractivity (Wildman–Crippen MR) is 63.9 cm³/mol. The average Bonchev–Trinajstić information content (AvgIpc) is 2.14. The first-order valence-corrected chi connectivity index (χ1v) is 5.92. The number of hydrogen-bond acceptors (Lipinski definition) is 3. The zero-order chi connectivity index (χ0) is 12.6. The van der Waals surface area contributed by atoms with Gasteiger partial charge in [-0.3, -0.25) is 4.79 Å². The van der Waals surface area contributed by atoms with Crippen LogP contribution >= 0.6 is 0 Å². The van der Waals surface area contributed by atoms with E-state index in [1.807, 2.05) is 0 Å². The Morgan fingerprint density at radius 1 is 1.06 bits per heavy atom. The van der Waals surface area contributed by atoms with E-state index in [0.29, 0.717) is 6.42 Å². The van der Waals surface area contributed by atoms with Gasteiger partial charge in [-0.2, -0.15) is 0 Å². The summed E-state index contributed by atoms with van der Waals surface area (Å²) in [6.07, 6.45) is 5.12. The van der Waals surface area contributed by atoms with E-state index in [1.165, 1.54) is 0 Å². The van der Waals surface area contributed by atoms with Crippen LogP contribution in [0, 0.1) is 6.92 Å². The molecule has 0 aliphatic heterocycles. The minimum Gasteiger partial charge on any atom is -0.454 e. The molecule has 0 aromatic heterocycles. The Morgan fingerprint density at radius 2 is 1.62 bits per heavy atom. The smallest absolute Gasteiger partial charge is 0.375 e. The summed E-state index contributed by atoms with van der Waals surface area (Å²) >= 11 is 0. The van der Waals surface area contributed by atoms with Crippen LogP contribution in [0.5, 0.6) is 0 Å². The molecule has 0 fully saturated rings. The topological polar surface area (TPSA) is 43.4 Å². The molecule has 0 aliphatic carbocycles. The van der Waals surface area contributed by atoms with E-state index in [0.717, 1.165) is 32.1 Å². The zero-order valence-corrected chi connectivity index (χ0v) is 10.7. The number of carbonyl (C=O) groups is 2. The van der Waals surface area contributed by atoms with Crippen LogP contribution in [0.1, 0.15) is 59.3 Å². The van der Waals surface area contributed by atoms with Crippen molar-refractivity contribution in [3.8, 4) is 0 Å². The average molecular weight is 227 g/mol. The molecule has 0 rings (SSSR count). The first-order chi connectivity index (χ1) is 7.37. The van der Waals surface area contributed by atoms with Gasteiger partial charge in [0.1, 0.15) is 5.60 Å². The van der Waals surface area contributed by atoms with Gasteiger partial charge in [0.15, 0.2) is 0 Å². The summed E-state index contributed by atoms with van der Waals surface area (Å²) in [4.78, 5) is 22.7. The van der Waals surface area contributed by atoms with Crippen molar-refractivity contribution in [3.63, 3.8) is 0 Å². The lowest BCUT2D eigenvalue weighted by atomic mass is 10.1. The second kappa shape index (κ2) is 7.42. The highest BCUT2D eigenvalue weighted by Crippen LogP contribution is 2.10. The summed E-state index contributed by atoms with van der Waals surface area (Å²) in [7, 11) is 0. The number of hydrogen-bond donors (Lipinski definition) is 0. The molecule has 1 radical (unpaired) electrons. The molecule has 0 saturated carbocycles. The molecule has 0 bridgehead atoms. The number of ether oxygens (including phenoxy) is 1. The Labute approximate surface area is 98.6 Å². The van der Waals surface area contributed by atoms with E-state index in [2.05, 4.69) is 6.92 Å². The number of carbonyl (C=O) groups excluding carboxylic acids is 2.